The lowest BCUT2D eigenvalue weighted by Crippen LogP contribution is -2.26. The van der Waals surface area contributed by atoms with Gasteiger partial charge in [-0.05, 0) is 42.8 Å². The van der Waals surface area contributed by atoms with E-state index in [1.54, 1.807) is 49.2 Å². The molecule has 4 nitrogen and oxygen atoms in total. The third-order valence-electron chi connectivity index (χ3n) is 3.30. The molecule has 0 aliphatic heterocycles. The Morgan fingerprint density at radius 3 is 2.30 bits per heavy atom. The molecule has 0 N–H and O–H groups in total. The molecule has 0 saturated carbocycles. The fraction of sp³-hybridized carbons (Fsp3) is 0.158. The van der Waals surface area contributed by atoms with Crippen LogP contribution in [0.25, 0.3) is 6.08 Å². The Bertz CT molecular complexity index is 690. The molecule has 0 atom stereocenters. The van der Waals surface area contributed by atoms with Gasteiger partial charge in [0, 0.05) is 24.4 Å². The van der Waals surface area contributed by atoms with Gasteiger partial charge in [-0.3, -0.25) is 4.79 Å². The maximum atomic E-state index is 12.4. The van der Waals surface area contributed by atoms with Crippen LogP contribution in [-0.4, -0.2) is 25.5 Å². The molecule has 0 aromatic heterocycles. The second-order valence-electron chi connectivity index (χ2n) is 4.91. The number of hydrogen-bond donors (Lipinski definition) is 0. The van der Waals surface area contributed by atoms with Crippen molar-refractivity contribution < 1.29 is 14.3 Å². The van der Waals surface area contributed by atoms with E-state index in [9.17, 15) is 9.59 Å². The zero-order valence-corrected chi connectivity index (χ0v) is 13.2. The molecule has 0 fully saturated rings. The standard InChI is InChI=1S/C19H19NO3/c1-3-23-18(21)14-11-15-9-12-16(13-10-15)19(22)20(2)17-7-5-4-6-8-17/h4-14H,3H2,1-2H3/b14-11+. The van der Waals surface area contributed by atoms with Crippen molar-refractivity contribution in [3.63, 3.8) is 0 Å². The highest BCUT2D eigenvalue weighted by Gasteiger charge is 2.12. The average Bonchev–Trinajstić information content (AvgIpc) is 2.60. The Morgan fingerprint density at radius 1 is 1.04 bits per heavy atom. The van der Waals surface area contributed by atoms with Crippen molar-refractivity contribution in [2.75, 3.05) is 18.6 Å². The molecule has 0 aliphatic carbocycles. The van der Waals surface area contributed by atoms with Gasteiger partial charge in [-0.15, -0.1) is 0 Å². The van der Waals surface area contributed by atoms with Gasteiger partial charge in [0.05, 0.1) is 6.61 Å². The largest absolute Gasteiger partial charge is 0.463 e. The summed E-state index contributed by atoms with van der Waals surface area (Å²) in [6.07, 6.45) is 3.03. The average molecular weight is 309 g/mol. The van der Waals surface area contributed by atoms with Gasteiger partial charge in [-0.1, -0.05) is 30.3 Å². The van der Waals surface area contributed by atoms with Crippen LogP contribution in [0.4, 0.5) is 5.69 Å². The number of benzene rings is 2. The van der Waals surface area contributed by atoms with Crippen LogP contribution < -0.4 is 4.90 Å². The summed E-state index contributed by atoms with van der Waals surface area (Å²) < 4.78 is 4.82. The first-order valence-electron chi connectivity index (χ1n) is 7.40. The quantitative estimate of drug-likeness (QED) is 0.627. The van der Waals surface area contributed by atoms with Gasteiger partial charge in [-0.2, -0.15) is 0 Å². The van der Waals surface area contributed by atoms with Crippen molar-refractivity contribution in [3.05, 3.63) is 71.8 Å². The van der Waals surface area contributed by atoms with E-state index in [-0.39, 0.29) is 11.9 Å². The van der Waals surface area contributed by atoms with Crippen molar-refractivity contribution >= 4 is 23.6 Å². The number of carbonyl (C=O) groups is 2. The topological polar surface area (TPSA) is 46.6 Å². The van der Waals surface area contributed by atoms with E-state index in [2.05, 4.69) is 0 Å². The minimum Gasteiger partial charge on any atom is -0.463 e. The van der Waals surface area contributed by atoms with E-state index < -0.39 is 0 Å². The third kappa shape index (κ3) is 4.54. The van der Waals surface area contributed by atoms with Crippen LogP contribution in [0.2, 0.25) is 0 Å². The summed E-state index contributed by atoms with van der Waals surface area (Å²) in [5.41, 5.74) is 2.25. The van der Waals surface area contributed by atoms with Gasteiger partial charge >= 0.3 is 5.97 Å². The normalized spacial score (nSPS) is 10.5. The molecular formula is C19H19NO3. The van der Waals surface area contributed by atoms with Crippen molar-refractivity contribution in [2.45, 2.75) is 6.92 Å². The number of esters is 1. The van der Waals surface area contributed by atoms with Crippen molar-refractivity contribution in [3.8, 4) is 0 Å². The van der Waals surface area contributed by atoms with Gasteiger partial charge in [0.2, 0.25) is 0 Å². The molecule has 0 bridgehead atoms. The predicted molar refractivity (Wildman–Crippen MR) is 91.3 cm³/mol. The second kappa shape index (κ2) is 7.94. The van der Waals surface area contributed by atoms with Gasteiger partial charge in [-0.25, -0.2) is 4.79 Å². The van der Waals surface area contributed by atoms with E-state index in [4.69, 9.17) is 4.74 Å². The summed E-state index contributed by atoms with van der Waals surface area (Å²) in [5.74, 6) is -0.464. The molecule has 118 valence electrons. The fourth-order valence-electron chi connectivity index (χ4n) is 2.05. The second-order valence-corrected chi connectivity index (χ2v) is 4.91. The molecule has 2 aromatic carbocycles. The highest BCUT2D eigenvalue weighted by Crippen LogP contribution is 2.15. The number of anilines is 1. The highest BCUT2D eigenvalue weighted by atomic mass is 16.5. The number of para-hydroxylation sites is 1. The Hall–Kier alpha value is -2.88. The van der Waals surface area contributed by atoms with E-state index in [0.717, 1.165) is 11.3 Å². The third-order valence-corrected chi connectivity index (χ3v) is 3.30. The summed E-state index contributed by atoms with van der Waals surface area (Å²) in [4.78, 5) is 25.3. The van der Waals surface area contributed by atoms with E-state index >= 15 is 0 Å². The zero-order valence-electron chi connectivity index (χ0n) is 13.2. The lowest BCUT2D eigenvalue weighted by atomic mass is 10.1. The van der Waals surface area contributed by atoms with Crippen molar-refractivity contribution in [2.24, 2.45) is 0 Å². The number of rotatable bonds is 5. The molecule has 23 heavy (non-hydrogen) atoms. The van der Waals surface area contributed by atoms with Crippen LogP contribution in [0.1, 0.15) is 22.8 Å². The molecule has 0 aliphatic rings. The summed E-state index contributed by atoms with van der Waals surface area (Å²) in [7, 11) is 1.74. The lowest BCUT2D eigenvalue weighted by Gasteiger charge is -2.17. The molecule has 4 heteroatoms. The van der Waals surface area contributed by atoms with E-state index in [0.29, 0.717) is 12.2 Å². The molecule has 2 rings (SSSR count). The molecule has 0 heterocycles. The van der Waals surface area contributed by atoms with Gasteiger partial charge in [0.25, 0.3) is 5.91 Å². The summed E-state index contributed by atoms with van der Waals surface area (Å²) in [6, 6.07) is 16.5. The molecule has 0 radical (unpaired) electrons. The number of ether oxygens (including phenoxy) is 1. The SMILES string of the molecule is CCOC(=O)/C=C/c1ccc(C(=O)N(C)c2ccccc2)cc1. The minimum atomic E-state index is -0.378. The number of nitrogens with zero attached hydrogens (tertiary/aromatic N) is 1. The highest BCUT2D eigenvalue weighted by molar-refractivity contribution is 6.05. The number of amides is 1. The Labute approximate surface area is 136 Å². The molecule has 2 aromatic rings. The number of carbonyl (C=O) groups excluding carboxylic acids is 2. The molecular weight excluding hydrogens is 290 g/mol. The van der Waals surface area contributed by atoms with Crippen LogP contribution in [0.5, 0.6) is 0 Å². The zero-order chi connectivity index (χ0) is 16.7. The summed E-state index contributed by atoms with van der Waals surface area (Å²) in [5, 5.41) is 0. The monoisotopic (exact) mass is 309 g/mol. The first-order valence-corrected chi connectivity index (χ1v) is 7.40. The molecule has 1 amide bonds. The minimum absolute atomic E-state index is 0.0860. The Morgan fingerprint density at radius 2 is 1.70 bits per heavy atom. The molecule has 0 saturated heterocycles. The van der Waals surface area contributed by atoms with Crippen LogP contribution in [0.3, 0.4) is 0 Å². The van der Waals surface area contributed by atoms with Gasteiger partial charge in [0.15, 0.2) is 0 Å². The van der Waals surface area contributed by atoms with Gasteiger partial charge in [0.1, 0.15) is 0 Å². The van der Waals surface area contributed by atoms with E-state index in [1.165, 1.54) is 6.08 Å². The predicted octanol–water partition coefficient (Wildman–Crippen LogP) is 3.54. The smallest absolute Gasteiger partial charge is 0.330 e. The first-order chi connectivity index (χ1) is 11.1. The maximum absolute atomic E-state index is 12.4. The lowest BCUT2D eigenvalue weighted by molar-refractivity contribution is -0.137. The van der Waals surface area contributed by atoms with Crippen LogP contribution >= 0.6 is 0 Å². The summed E-state index contributed by atoms with van der Waals surface area (Å²) in [6.45, 7) is 2.11. The van der Waals surface area contributed by atoms with Crippen molar-refractivity contribution in [1.29, 1.82) is 0 Å². The number of hydrogen-bond acceptors (Lipinski definition) is 3. The molecule has 0 unspecified atom stereocenters. The Balaban J connectivity index is 2.07. The van der Waals surface area contributed by atoms with Crippen molar-refractivity contribution in [1.82, 2.24) is 0 Å². The maximum Gasteiger partial charge on any atom is 0.330 e. The van der Waals surface area contributed by atoms with E-state index in [1.807, 2.05) is 30.3 Å². The summed E-state index contributed by atoms with van der Waals surface area (Å²) >= 11 is 0. The van der Waals surface area contributed by atoms with Crippen LogP contribution in [-0.2, 0) is 9.53 Å². The Kier molecular flexibility index (Phi) is 5.69. The fourth-order valence-corrected chi connectivity index (χ4v) is 2.05. The molecule has 0 spiro atoms. The first kappa shape index (κ1) is 16.5. The van der Waals surface area contributed by atoms with Crippen LogP contribution in [0.15, 0.2) is 60.7 Å². The van der Waals surface area contributed by atoms with Gasteiger partial charge < -0.3 is 9.64 Å². The van der Waals surface area contributed by atoms with Crippen LogP contribution in [0, 0.1) is 0 Å².